The number of hydrogen-bond acceptors (Lipinski definition) is 2. The fourth-order valence-corrected chi connectivity index (χ4v) is 1.76. The molecule has 0 atom stereocenters. The van der Waals surface area contributed by atoms with Crippen LogP contribution < -0.4 is 4.57 Å². The van der Waals surface area contributed by atoms with Crippen molar-refractivity contribution in [2.24, 2.45) is 0 Å². The number of ether oxygens (including phenoxy) is 1. The van der Waals surface area contributed by atoms with E-state index >= 15 is 0 Å². The Balaban J connectivity index is 0.00000180. The lowest BCUT2D eigenvalue weighted by atomic mass is 10.1. The number of nitrogens with zero attached hydrogens (tertiary/aromatic N) is 1. The predicted molar refractivity (Wildman–Crippen MR) is 75.1 cm³/mol. The summed E-state index contributed by atoms with van der Waals surface area (Å²) in [5.74, 6) is -0.240. The zero-order valence-electron chi connectivity index (χ0n) is 10.8. The lowest BCUT2D eigenvalue weighted by molar-refractivity contribution is -0.685. The van der Waals surface area contributed by atoms with Crippen molar-refractivity contribution < 1.29 is 14.1 Å². The normalized spacial score (nSPS) is 9.53. The predicted octanol–water partition coefficient (Wildman–Crippen LogP) is 2.16. The van der Waals surface area contributed by atoms with Gasteiger partial charge in [0.25, 0.3) is 0 Å². The van der Waals surface area contributed by atoms with Crippen molar-refractivity contribution in [3.63, 3.8) is 0 Å². The molecule has 0 aliphatic carbocycles. The number of rotatable bonds is 4. The van der Waals surface area contributed by atoms with E-state index in [1.165, 1.54) is 18.2 Å². The molecule has 19 heavy (non-hydrogen) atoms. The molecule has 0 amide bonds. The Labute approximate surface area is 119 Å². The van der Waals surface area contributed by atoms with Gasteiger partial charge in [-0.1, -0.05) is 30.3 Å². The van der Waals surface area contributed by atoms with E-state index in [-0.39, 0.29) is 24.9 Å². The van der Waals surface area contributed by atoms with Crippen molar-refractivity contribution in [2.45, 2.75) is 13.0 Å². The summed E-state index contributed by atoms with van der Waals surface area (Å²) in [6.45, 7) is 0.252. The first kappa shape index (κ1) is 15.2. The van der Waals surface area contributed by atoms with Gasteiger partial charge in [0.15, 0.2) is 12.4 Å². The van der Waals surface area contributed by atoms with E-state index in [0.717, 1.165) is 6.42 Å². The molecule has 100 valence electrons. The summed E-state index contributed by atoms with van der Waals surface area (Å²) < 4.78 is 6.43. The zero-order valence-corrected chi connectivity index (χ0v) is 11.6. The fourth-order valence-electron chi connectivity index (χ4n) is 1.76. The number of carbonyl (C=O) groups excluding carboxylic acids is 1. The highest BCUT2D eigenvalue weighted by Gasteiger charge is 2.08. The van der Waals surface area contributed by atoms with Gasteiger partial charge in [0, 0.05) is 12.1 Å². The first-order chi connectivity index (χ1) is 8.78. The standard InChI is InChI=1S/C15H16NO2.ClH/c1-18-15(17)12-16-9-7-14(8-10-16)11-13-5-3-2-4-6-13;/h2-10H,11-12H2,1H3;1H/q+1;. The van der Waals surface area contributed by atoms with E-state index in [0.29, 0.717) is 0 Å². The van der Waals surface area contributed by atoms with E-state index in [1.54, 1.807) is 4.57 Å². The summed E-state index contributed by atoms with van der Waals surface area (Å²) in [5.41, 5.74) is 2.51. The van der Waals surface area contributed by atoms with Crippen molar-refractivity contribution in [2.75, 3.05) is 7.11 Å². The molecule has 1 aromatic heterocycles. The second kappa shape index (κ2) is 7.54. The maximum atomic E-state index is 11.1. The Morgan fingerprint density at radius 1 is 1.05 bits per heavy atom. The number of methoxy groups -OCH3 is 1. The Bertz CT molecular complexity index is 511. The Hall–Kier alpha value is -1.87. The van der Waals surface area contributed by atoms with Gasteiger partial charge in [0.05, 0.1) is 7.11 Å². The SMILES string of the molecule is COC(=O)C[n+]1ccc(Cc2ccccc2)cc1.Cl. The third-order valence-electron chi connectivity index (χ3n) is 2.75. The molecule has 1 heterocycles. The van der Waals surface area contributed by atoms with Crippen LogP contribution in [0.25, 0.3) is 0 Å². The van der Waals surface area contributed by atoms with Crippen molar-refractivity contribution in [3.8, 4) is 0 Å². The van der Waals surface area contributed by atoms with Crippen LogP contribution in [0.2, 0.25) is 0 Å². The molecular weight excluding hydrogens is 262 g/mol. The summed E-state index contributed by atoms with van der Waals surface area (Å²) in [6.07, 6.45) is 4.70. The van der Waals surface area contributed by atoms with Gasteiger partial charge < -0.3 is 4.74 Å². The van der Waals surface area contributed by atoms with Crippen LogP contribution in [0, 0.1) is 0 Å². The Morgan fingerprint density at radius 2 is 1.63 bits per heavy atom. The van der Waals surface area contributed by atoms with Crippen molar-refractivity contribution >= 4 is 18.4 Å². The molecule has 0 radical (unpaired) electrons. The molecule has 0 saturated heterocycles. The number of hydrogen-bond donors (Lipinski definition) is 0. The van der Waals surface area contributed by atoms with Crippen LogP contribution >= 0.6 is 12.4 Å². The fraction of sp³-hybridized carbons (Fsp3) is 0.200. The highest BCUT2D eigenvalue weighted by Crippen LogP contribution is 2.07. The number of esters is 1. The molecule has 4 heteroatoms. The van der Waals surface area contributed by atoms with E-state index < -0.39 is 0 Å². The summed E-state index contributed by atoms with van der Waals surface area (Å²) in [6, 6.07) is 14.3. The minimum atomic E-state index is -0.240. The molecule has 0 fully saturated rings. The molecule has 0 aliphatic rings. The second-order valence-electron chi connectivity index (χ2n) is 4.12. The zero-order chi connectivity index (χ0) is 12.8. The van der Waals surface area contributed by atoms with Gasteiger partial charge in [-0.25, -0.2) is 4.79 Å². The largest absolute Gasteiger partial charge is 0.464 e. The molecule has 0 bridgehead atoms. The molecule has 0 N–H and O–H groups in total. The van der Waals surface area contributed by atoms with E-state index in [4.69, 9.17) is 0 Å². The second-order valence-corrected chi connectivity index (χ2v) is 4.12. The lowest BCUT2D eigenvalue weighted by Crippen LogP contribution is -2.37. The van der Waals surface area contributed by atoms with Crippen molar-refractivity contribution in [1.82, 2.24) is 0 Å². The number of aromatic nitrogens is 1. The highest BCUT2D eigenvalue weighted by atomic mass is 35.5. The molecule has 0 aliphatic heterocycles. The third-order valence-corrected chi connectivity index (χ3v) is 2.75. The van der Waals surface area contributed by atoms with Crippen LogP contribution in [0.1, 0.15) is 11.1 Å². The quantitative estimate of drug-likeness (QED) is 0.634. The minimum absolute atomic E-state index is 0. The lowest BCUT2D eigenvalue weighted by Gasteiger charge is -2.01. The number of carbonyl (C=O) groups is 1. The average molecular weight is 279 g/mol. The van der Waals surface area contributed by atoms with Crippen LogP contribution in [-0.2, 0) is 22.5 Å². The van der Waals surface area contributed by atoms with Crippen molar-refractivity contribution in [3.05, 3.63) is 66.0 Å². The summed E-state index contributed by atoms with van der Waals surface area (Å²) in [7, 11) is 1.40. The van der Waals surface area contributed by atoms with Crippen LogP contribution in [0.3, 0.4) is 0 Å². The van der Waals surface area contributed by atoms with Gasteiger partial charge in [-0.05, 0) is 17.5 Å². The van der Waals surface area contributed by atoms with Gasteiger partial charge in [-0.2, -0.15) is 4.57 Å². The number of pyridine rings is 1. The van der Waals surface area contributed by atoms with E-state index in [9.17, 15) is 4.79 Å². The Kier molecular flexibility index (Phi) is 6.03. The molecule has 0 unspecified atom stereocenters. The van der Waals surface area contributed by atoms with Gasteiger partial charge in [-0.15, -0.1) is 12.4 Å². The number of benzene rings is 1. The van der Waals surface area contributed by atoms with Crippen LogP contribution in [-0.4, -0.2) is 13.1 Å². The maximum absolute atomic E-state index is 11.1. The summed E-state index contributed by atoms with van der Waals surface area (Å²) in [5, 5.41) is 0. The highest BCUT2D eigenvalue weighted by molar-refractivity contribution is 5.85. The van der Waals surface area contributed by atoms with Gasteiger partial charge in [0.1, 0.15) is 0 Å². The Morgan fingerprint density at radius 3 is 2.21 bits per heavy atom. The van der Waals surface area contributed by atoms with E-state index in [2.05, 4.69) is 16.9 Å². The average Bonchev–Trinajstić information content (AvgIpc) is 2.42. The summed E-state index contributed by atoms with van der Waals surface area (Å²) in [4.78, 5) is 11.1. The van der Waals surface area contributed by atoms with E-state index in [1.807, 2.05) is 42.7 Å². The third kappa shape index (κ3) is 4.72. The van der Waals surface area contributed by atoms with Gasteiger partial charge >= 0.3 is 5.97 Å². The molecule has 0 spiro atoms. The van der Waals surface area contributed by atoms with Crippen LogP contribution in [0.4, 0.5) is 0 Å². The summed E-state index contributed by atoms with van der Waals surface area (Å²) >= 11 is 0. The maximum Gasteiger partial charge on any atom is 0.372 e. The monoisotopic (exact) mass is 278 g/mol. The van der Waals surface area contributed by atoms with Crippen LogP contribution in [0.15, 0.2) is 54.9 Å². The molecule has 0 saturated carbocycles. The minimum Gasteiger partial charge on any atom is -0.464 e. The molecular formula is C15H17ClNO2+. The van der Waals surface area contributed by atoms with Crippen LogP contribution in [0.5, 0.6) is 0 Å². The first-order valence-electron chi connectivity index (χ1n) is 5.86. The van der Waals surface area contributed by atoms with Crippen molar-refractivity contribution in [1.29, 1.82) is 0 Å². The topological polar surface area (TPSA) is 30.2 Å². The van der Waals surface area contributed by atoms with Gasteiger partial charge in [0.2, 0.25) is 6.54 Å². The molecule has 2 rings (SSSR count). The number of halogens is 1. The van der Waals surface area contributed by atoms with Gasteiger partial charge in [-0.3, -0.25) is 0 Å². The molecule has 3 nitrogen and oxygen atoms in total. The first-order valence-corrected chi connectivity index (χ1v) is 5.86. The smallest absolute Gasteiger partial charge is 0.372 e. The molecule has 2 aromatic rings. The molecule has 1 aromatic carbocycles.